The van der Waals surface area contributed by atoms with Gasteiger partial charge in [0.2, 0.25) is 0 Å². The third-order valence-corrected chi connectivity index (χ3v) is 3.72. The van der Waals surface area contributed by atoms with Gasteiger partial charge in [0, 0.05) is 0 Å². The molecule has 1 radical (unpaired) electrons. The Labute approximate surface area is 118 Å². The van der Waals surface area contributed by atoms with Crippen LogP contribution >= 0.6 is 0 Å². The van der Waals surface area contributed by atoms with Gasteiger partial charge in [0.25, 0.3) is 0 Å². The molecule has 0 atom stereocenters. The number of hydrogen-bond donors (Lipinski definition) is 0. The van der Waals surface area contributed by atoms with Gasteiger partial charge in [-0.2, -0.15) is 0 Å². The lowest BCUT2D eigenvalue weighted by Crippen LogP contribution is -1.80. The molecule has 0 aromatic heterocycles. The average Bonchev–Trinajstić information content (AvgIpc) is 2.53. The molecule has 0 nitrogen and oxygen atoms in total. The quantitative estimate of drug-likeness (QED) is 0.395. The molecule has 0 amide bonds. The number of hydrogen-bond acceptors (Lipinski definition) is 0. The Morgan fingerprint density at radius 2 is 1.20 bits per heavy atom. The number of fused-ring (bicyclic) bond motifs is 2. The Balaban J connectivity index is 1.97. The van der Waals surface area contributed by atoms with E-state index in [9.17, 15) is 0 Å². The normalized spacial score (nSPS) is 11.0. The van der Waals surface area contributed by atoms with Gasteiger partial charge in [0.05, 0.1) is 0 Å². The fourth-order valence-electron chi connectivity index (χ4n) is 2.66. The molecule has 0 aliphatic carbocycles. The van der Waals surface area contributed by atoms with Crippen LogP contribution < -0.4 is 0 Å². The van der Waals surface area contributed by atoms with E-state index < -0.39 is 0 Å². The van der Waals surface area contributed by atoms with Gasteiger partial charge >= 0.3 is 0 Å². The van der Waals surface area contributed by atoms with Crippen molar-refractivity contribution in [2.24, 2.45) is 0 Å². The maximum absolute atomic E-state index is 3.39. The van der Waals surface area contributed by atoms with Crippen LogP contribution in [0.3, 0.4) is 0 Å². The molecular weight excluding hydrogens is 240 g/mol. The Kier molecular flexibility index (Phi) is 2.53. The van der Waals surface area contributed by atoms with E-state index in [0.29, 0.717) is 0 Å². The third-order valence-electron chi connectivity index (χ3n) is 3.72. The van der Waals surface area contributed by atoms with E-state index >= 15 is 0 Å². The maximum atomic E-state index is 3.39. The van der Waals surface area contributed by atoms with Crippen LogP contribution in [0.15, 0.2) is 78.9 Å². The molecule has 4 rings (SSSR count). The Hall–Kier alpha value is -2.60. The van der Waals surface area contributed by atoms with Crippen LogP contribution in [0.2, 0.25) is 0 Å². The van der Waals surface area contributed by atoms with Crippen LogP contribution in [0.4, 0.5) is 0 Å². The minimum atomic E-state index is 1.15. The van der Waals surface area contributed by atoms with E-state index in [4.69, 9.17) is 0 Å². The zero-order chi connectivity index (χ0) is 13.4. The summed E-state index contributed by atoms with van der Waals surface area (Å²) >= 11 is 0. The molecule has 0 aliphatic rings. The van der Waals surface area contributed by atoms with Gasteiger partial charge < -0.3 is 0 Å². The summed E-state index contributed by atoms with van der Waals surface area (Å²) < 4.78 is 0. The van der Waals surface area contributed by atoms with Gasteiger partial charge in [-0.05, 0) is 63.0 Å². The van der Waals surface area contributed by atoms with Crippen LogP contribution in [0.5, 0.6) is 0 Å². The van der Waals surface area contributed by atoms with E-state index in [-0.39, 0.29) is 0 Å². The lowest BCUT2D eigenvalue weighted by Gasteiger charge is -2.05. The van der Waals surface area contributed by atoms with E-state index in [1.807, 2.05) is 6.07 Å². The molecule has 20 heavy (non-hydrogen) atoms. The highest BCUT2D eigenvalue weighted by Crippen LogP contribution is 2.27. The van der Waals surface area contributed by atoms with Crippen molar-refractivity contribution >= 4 is 21.5 Å². The standard InChI is InChI=1S/C20H13/c1-2-6-15(7-3-1)18-10-11-19-12-16-8-4-5-9-17(16)13-20(19)14-18/h1-9,11-14H. The highest BCUT2D eigenvalue weighted by Gasteiger charge is 2.01. The molecule has 0 unspecified atom stereocenters. The van der Waals surface area contributed by atoms with Crippen LogP contribution in [-0.2, 0) is 0 Å². The van der Waals surface area contributed by atoms with Crippen LogP contribution in [0.25, 0.3) is 32.7 Å². The summed E-state index contributed by atoms with van der Waals surface area (Å²) in [7, 11) is 0. The van der Waals surface area contributed by atoms with Crippen molar-refractivity contribution in [1.82, 2.24) is 0 Å². The summed E-state index contributed by atoms with van der Waals surface area (Å²) in [5.41, 5.74) is 2.36. The van der Waals surface area contributed by atoms with Gasteiger partial charge in [-0.25, -0.2) is 0 Å². The second-order valence-corrected chi connectivity index (χ2v) is 5.04. The van der Waals surface area contributed by atoms with Crippen molar-refractivity contribution in [1.29, 1.82) is 0 Å². The molecule has 4 aromatic rings. The molecule has 4 aromatic carbocycles. The first-order valence-electron chi connectivity index (χ1n) is 6.80. The second kappa shape index (κ2) is 4.50. The van der Waals surface area contributed by atoms with E-state index in [1.54, 1.807) is 0 Å². The minimum Gasteiger partial charge on any atom is -0.0622 e. The highest BCUT2D eigenvalue weighted by molar-refractivity contribution is 5.99. The molecule has 0 spiro atoms. The first kappa shape index (κ1) is 11.2. The van der Waals surface area contributed by atoms with Gasteiger partial charge in [-0.1, -0.05) is 54.6 Å². The minimum absolute atomic E-state index is 1.15. The largest absolute Gasteiger partial charge is 0.0622 e. The zero-order valence-corrected chi connectivity index (χ0v) is 11.0. The summed E-state index contributed by atoms with van der Waals surface area (Å²) in [5, 5.41) is 5.07. The molecule has 0 bridgehead atoms. The Morgan fingerprint density at radius 3 is 1.95 bits per heavy atom. The predicted octanol–water partition coefficient (Wildman–Crippen LogP) is 5.46. The van der Waals surface area contributed by atoms with E-state index in [1.165, 1.54) is 27.1 Å². The number of rotatable bonds is 1. The molecule has 93 valence electrons. The van der Waals surface area contributed by atoms with Crippen LogP contribution in [0, 0.1) is 6.07 Å². The topological polar surface area (TPSA) is 0 Å². The van der Waals surface area contributed by atoms with Crippen LogP contribution in [0.1, 0.15) is 0 Å². The molecule has 0 saturated carbocycles. The maximum Gasteiger partial charge on any atom is -0.00926 e. The number of benzene rings is 4. The molecule has 0 heteroatoms. The molecule has 0 N–H and O–H groups in total. The van der Waals surface area contributed by atoms with Crippen molar-refractivity contribution in [3.8, 4) is 11.1 Å². The van der Waals surface area contributed by atoms with Gasteiger partial charge in [0.1, 0.15) is 0 Å². The molecule has 0 heterocycles. The summed E-state index contributed by atoms with van der Waals surface area (Å²) in [6, 6.07) is 31.1. The molecule has 0 aliphatic heterocycles. The summed E-state index contributed by atoms with van der Waals surface area (Å²) in [6.45, 7) is 0. The fourth-order valence-corrected chi connectivity index (χ4v) is 2.66. The predicted molar refractivity (Wildman–Crippen MR) is 85.7 cm³/mol. The first-order valence-corrected chi connectivity index (χ1v) is 6.80. The van der Waals surface area contributed by atoms with Crippen molar-refractivity contribution in [3.05, 3.63) is 84.9 Å². The molecule has 0 fully saturated rings. The Morgan fingerprint density at radius 1 is 0.550 bits per heavy atom. The second-order valence-electron chi connectivity index (χ2n) is 5.04. The van der Waals surface area contributed by atoms with Gasteiger partial charge in [0.15, 0.2) is 0 Å². The highest BCUT2D eigenvalue weighted by atomic mass is 14.1. The van der Waals surface area contributed by atoms with E-state index in [0.717, 1.165) is 5.56 Å². The molecule has 0 saturated heterocycles. The summed E-state index contributed by atoms with van der Waals surface area (Å²) in [4.78, 5) is 0. The smallest absolute Gasteiger partial charge is 0.00926 e. The SMILES string of the molecule is [c]1cc2cc3ccccc3cc2cc1-c1ccccc1. The molecular formula is C20H13. The lowest BCUT2D eigenvalue weighted by atomic mass is 9.99. The van der Waals surface area contributed by atoms with E-state index in [2.05, 4.69) is 78.9 Å². The monoisotopic (exact) mass is 253 g/mol. The van der Waals surface area contributed by atoms with Crippen molar-refractivity contribution in [3.63, 3.8) is 0 Å². The lowest BCUT2D eigenvalue weighted by molar-refractivity contribution is 1.64. The van der Waals surface area contributed by atoms with Crippen LogP contribution in [-0.4, -0.2) is 0 Å². The summed E-state index contributed by atoms with van der Waals surface area (Å²) in [5.74, 6) is 0. The third kappa shape index (κ3) is 1.86. The average molecular weight is 253 g/mol. The van der Waals surface area contributed by atoms with Crippen molar-refractivity contribution in [2.45, 2.75) is 0 Å². The van der Waals surface area contributed by atoms with Crippen molar-refractivity contribution in [2.75, 3.05) is 0 Å². The zero-order valence-electron chi connectivity index (χ0n) is 11.0. The summed E-state index contributed by atoms with van der Waals surface area (Å²) in [6.07, 6.45) is 0. The Bertz CT molecular complexity index is 889. The fraction of sp³-hybridized carbons (Fsp3) is 0. The van der Waals surface area contributed by atoms with Crippen molar-refractivity contribution < 1.29 is 0 Å². The van der Waals surface area contributed by atoms with Gasteiger partial charge in [-0.15, -0.1) is 0 Å². The van der Waals surface area contributed by atoms with Gasteiger partial charge in [-0.3, -0.25) is 0 Å². The first-order chi connectivity index (χ1) is 9.90.